The first-order valence-corrected chi connectivity index (χ1v) is 10.2. The number of rotatable bonds is 4. The topological polar surface area (TPSA) is 84.9 Å². The van der Waals surface area contributed by atoms with Crippen LogP contribution in [-0.4, -0.2) is 47.7 Å². The molecular formula is C22H28N2O5. The molecule has 3 unspecified atom stereocenters. The van der Waals surface area contributed by atoms with Crippen LogP contribution in [0.1, 0.15) is 62.4 Å². The minimum atomic E-state index is -0.593. The maximum absolute atomic E-state index is 13.1. The van der Waals surface area contributed by atoms with Gasteiger partial charge in [-0.05, 0) is 70.1 Å². The van der Waals surface area contributed by atoms with Crippen molar-refractivity contribution >= 4 is 18.0 Å². The number of ether oxygens (including phenoxy) is 2. The molecule has 0 radical (unpaired) electrons. The summed E-state index contributed by atoms with van der Waals surface area (Å²) < 4.78 is 10.3. The Morgan fingerprint density at radius 2 is 1.76 bits per heavy atom. The van der Waals surface area contributed by atoms with Gasteiger partial charge in [0.25, 0.3) is 0 Å². The van der Waals surface area contributed by atoms with Gasteiger partial charge in [0.15, 0.2) is 0 Å². The quantitative estimate of drug-likeness (QED) is 0.786. The zero-order chi connectivity index (χ0) is 21.0. The van der Waals surface area contributed by atoms with E-state index in [-0.39, 0.29) is 17.9 Å². The summed E-state index contributed by atoms with van der Waals surface area (Å²) in [6.07, 6.45) is 2.90. The molecule has 29 heavy (non-hydrogen) atoms. The number of hydrogen-bond donors (Lipinski definition) is 1. The number of esters is 1. The number of benzene rings is 1. The van der Waals surface area contributed by atoms with Gasteiger partial charge in [-0.3, -0.25) is 9.69 Å². The molecule has 0 bridgehead atoms. The van der Waals surface area contributed by atoms with Crippen molar-refractivity contribution in [1.82, 2.24) is 10.2 Å². The van der Waals surface area contributed by atoms with Crippen molar-refractivity contribution in [2.45, 2.75) is 69.7 Å². The minimum absolute atomic E-state index is 0.120. The Labute approximate surface area is 170 Å². The molecule has 7 heteroatoms. The minimum Gasteiger partial charge on any atom is -0.465 e. The molecule has 0 aromatic heterocycles. The molecule has 0 spiro atoms. The highest BCUT2D eigenvalue weighted by molar-refractivity contribution is 5.90. The summed E-state index contributed by atoms with van der Waals surface area (Å²) in [4.78, 5) is 39.1. The highest BCUT2D eigenvalue weighted by atomic mass is 16.6. The smallest absolute Gasteiger partial charge is 0.411 e. The molecule has 156 valence electrons. The predicted octanol–water partition coefficient (Wildman–Crippen LogP) is 2.98. The van der Waals surface area contributed by atoms with Crippen LogP contribution < -0.4 is 5.32 Å². The summed E-state index contributed by atoms with van der Waals surface area (Å²) in [6, 6.07) is 6.78. The van der Waals surface area contributed by atoms with E-state index in [1.165, 1.54) is 7.11 Å². The zero-order valence-corrected chi connectivity index (χ0v) is 17.4. The number of fused-ring (bicyclic) bond motifs is 1. The second-order valence-corrected chi connectivity index (χ2v) is 9.34. The van der Waals surface area contributed by atoms with E-state index in [1.54, 1.807) is 17.0 Å². The number of carbonyl (C=O) groups is 3. The lowest BCUT2D eigenvalue weighted by Gasteiger charge is -2.31. The maximum Gasteiger partial charge on any atom is 0.411 e. The van der Waals surface area contributed by atoms with Gasteiger partial charge in [-0.15, -0.1) is 0 Å². The third kappa shape index (κ3) is 3.82. The highest BCUT2D eigenvalue weighted by Gasteiger charge is 2.58. The van der Waals surface area contributed by atoms with Gasteiger partial charge in [-0.2, -0.15) is 0 Å². The van der Waals surface area contributed by atoms with Gasteiger partial charge in [0.2, 0.25) is 5.91 Å². The monoisotopic (exact) mass is 400 g/mol. The molecule has 1 aromatic rings. The van der Waals surface area contributed by atoms with E-state index in [1.807, 2.05) is 32.9 Å². The lowest BCUT2D eigenvalue weighted by molar-refractivity contribution is -0.127. The molecule has 3 fully saturated rings. The highest BCUT2D eigenvalue weighted by Crippen LogP contribution is 2.50. The van der Waals surface area contributed by atoms with Crippen molar-refractivity contribution in [3.63, 3.8) is 0 Å². The first-order valence-electron chi connectivity index (χ1n) is 10.2. The average molecular weight is 400 g/mol. The zero-order valence-electron chi connectivity index (χ0n) is 17.4. The van der Waals surface area contributed by atoms with Gasteiger partial charge in [-0.25, -0.2) is 9.59 Å². The van der Waals surface area contributed by atoms with Gasteiger partial charge in [0.05, 0.1) is 18.2 Å². The van der Waals surface area contributed by atoms with Crippen molar-refractivity contribution in [3.8, 4) is 0 Å². The Morgan fingerprint density at radius 1 is 1.10 bits per heavy atom. The molecular weight excluding hydrogens is 372 g/mol. The van der Waals surface area contributed by atoms with Gasteiger partial charge in [0, 0.05) is 6.04 Å². The number of amides is 2. The van der Waals surface area contributed by atoms with Crippen LogP contribution in [0.25, 0.3) is 0 Å². The molecule has 3 aliphatic rings. The van der Waals surface area contributed by atoms with E-state index in [9.17, 15) is 14.4 Å². The van der Waals surface area contributed by atoms with Crippen LogP contribution in [0, 0.1) is 5.92 Å². The van der Waals surface area contributed by atoms with Gasteiger partial charge in [0.1, 0.15) is 11.6 Å². The van der Waals surface area contributed by atoms with E-state index < -0.39 is 23.3 Å². The average Bonchev–Trinajstić information content (AvgIpc) is 3.58. The van der Waals surface area contributed by atoms with Crippen LogP contribution in [0.4, 0.5) is 4.79 Å². The number of nitrogens with one attached hydrogen (secondary N) is 1. The Balaban J connectivity index is 1.46. The first kappa shape index (κ1) is 19.7. The van der Waals surface area contributed by atoms with E-state index in [0.29, 0.717) is 17.9 Å². The Hall–Kier alpha value is -2.57. The molecule has 1 aliphatic heterocycles. The second kappa shape index (κ2) is 6.75. The fraction of sp³-hybridized carbons (Fsp3) is 0.591. The number of likely N-dealkylation sites (tertiary alicyclic amines) is 1. The summed E-state index contributed by atoms with van der Waals surface area (Å²) in [5.74, 6) is -0.117. The molecule has 2 saturated carbocycles. The second-order valence-electron chi connectivity index (χ2n) is 9.34. The van der Waals surface area contributed by atoms with E-state index in [4.69, 9.17) is 9.47 Å². The largest absolute Gasteiger partial charge is 0.465 e. The number of hydrogen-bond acceptors (Lipinski definition) is 5. The summed E-state index contributed by atoms with van der Waals surface area (Å²) in [5, 5.41) is 3.17. The van der Waals surface area contributed by atoms with Crippen molar-refractivity contribution in [2.75, 3.05) is 7.11 Å². The van der Waals surface area contributed by atoms with Crippen LogP contribution in [0.2, 0.25) is 0 Å². The van der Waals surface area contributed by atoms with Crippen LogP contribution in [0.5, 0.6) is 0 Å². The van der Waals surface area contributed by atoms with E-state index >= 15 is 0 Å². The molecule has 1 heterocycles. The maximum atomic E-state index is 13.1. The fourth-order valence-corrected chi connectivity index (χ4v) is 4.24. The summed E-state index contributed by atoms with van der Waals surface area (Å²) in [7, 11) is 1.35. The Kier molecular flexibility index (Phi) is 4.59. The van der Waals surface area contributed by atoms with Crippen LogP contribution in [0.15, 0.2) is 24.3 Å². The van der Waals surface area contributed by atoms with E-state index in [0.717, 1.165) is 24.8 Å². The van der Waals surface area contributed by atoms with Gasteiger partial charge < -0.3 is 14.8 Å². The third-order valence-corrected chi connectivity index (χ3v) is 5.98. The SMILES string of the molecule is COC(=O)c1ccc(C2(NC(=O)C3CC4CC4N3C(=O)OC(C)(C)C)CC2)cc1. The number of piperidine rings is 1. The molecule has 2 amide bonds. The lowest BCUT2D eigenvalue weighted by atomic mass is 10.0. The van der Waals surface area contributed by atoms with Crippen molar-refractivity contribution < 1.29 is 23.9 Å². The lowest BCUT2D eigenvalue weighted by Crippen LogP contribution is -2.51. The number of nitrogens with zero attached hydrogens (tertiary/aromatic N) is 1. The van der Waals surface area contributed by atoms with Crippen LogP contribution >= 0.6 is 0 Å². The third-order valence-electron chi connectivity index (χ3n) is 5.98. The molecule has 1 N–H and O–H groups in total. The molecule has 2 aliphatic carbocycles. The van der Waals surface area contributed by atoms with E-state index in [2.05, 4.69) is 5.32 Å². The van der Waals surface area contributed by atoms with Crippen LogP contribution in [0.3, 0.4) is 0 Å². The predicted molar refractivity (Wildman–Crippen MR) is 105 cm³/mol. The van der Waals surface area contributed by atoms with Crippen LogP contribution in [-0.2, 0) is 19.8 Å². The first-order chi connectivity index (χ1) is 13.6. The van der Waals surface area contributed by atoms with Crippen molar-refractivity contribution in [2.24, 2.45) is 5.92 Å². The fourth-order valence-electron chi connectivity index (χ4n) is 4.24. The van der Waals surface area contributed by atoms with Crippen molar-refractivity contribution in [1.29, 1.82) is 0 Å². The summed E-state index contributed by atoms with van der Waals surface area (Å²) in [5.41, 5.74) is 0.429. The molecule has 3 atom stereocenters. The molecule has 1 aromatic carbocycles. The molecule has 1 saturated heterocycles. The Morgan fingerprint density at radius 3 is 2.31 bits per heavy atom. The summed E-state index contributed by atoms with van der Waals surface area (Å²) >= 11 is 0. The summed E-state index contributed by atoms with van der Waals surface area (Å²) in [6.45, 7) is 5.49. The number of carbonyl (C=O) groups excluding carboxylic acids is 3. The Bertz CT molecular complexity index is 838. The van der Waals surface area contributed by atoms with Crippen molar-refractivity contribution in [3.05, 3.63) is 35.4 Å². The number of methoxy groups -OCH3 is 1. The van der Waals surface area contributed by atoms with Gasteiger partial charge in [-0.1, -0.05) is 12.1 Å². The molecule has 7 nitrogen and oxygen atoms in total. The normalized spacial score (nSPS) is 26.3. The van der Waals surface area contributed by atoms with Gasteiger partial charge >= 0.3 is 12.1 Å². The molecule has 4 rings (SSSR count). The standard InChI is InChI=1S/C22H28N2O5/c1-21(2,3)29-20(27)24-16-11-14(16)12-17(24)18(25)23-22(9-10-22)15-7-5-13(6-8-15)19(26)28-4/h5-8,14,16-17H,9-12H2,1-4H3,(H,23,25).